The van der Waals surface area contributed by atoms with Crippen LogP contribution in [0.4, 0.5) is 0 Å². The lowest BCUT2D eigenvalue weighted by molar-refractivity contribution is -0.148. The van der Waals surface area contributed by atoms with Gasteiger partial charge < -0.3 is 15.7 Å². The molecule has 2 heterocycles. The average Bonchev–Trinajstić information content (AvgIpc) is 2.49. The van der Waals surface area contributed by atoms with E-state index < -0.39 is 11.6 Å². The third-order valence-corrected chi connectivity index (χ3v) is 3.96. The summed E-state index contributed by atoms with van der Waals surface area (Å²) >= 11 is 5.65. The van der Waals surface area contributed by atoms with Gasteiger partial charge in [-0.2, -0.15) is 0 Å². The van der Waals surface area contributed by atoms with Crippen molar-refractivity contribution in [3.63, 3.8) is 0 Å². The number of carbonyl (C=O) groups is 2. The van der Waals surface area contributed by atoms with Crippen LogP contribution < -0.4 is 10.6 Å². The molecule has 4 atom stereocenters. The highest BCUT2D eigenvalue weighted by molar-refractivity contribution is 6.18. The molecule has 0 aliphatic carbocycles. The van der Waals surface area contributed by atoms with Crippen LogP contribution >= 0.6 is 11.6 Å². The number of aliphatic hydroxyl groups is 1. The van der Waals surface area contributed by atoms with Gasteiger partial charge in [0.1, 0.15) is 0 Å². The number of β-lactam (4-membered cyclic amide) rings is 1. The number of nitrogens with one attached hydrogen (secondary N) is 2. The Kier molecular flexibility index (Phi) is 3.08. The highest BCUT2D eigenvalue weighted by Gasteiger charge is 2.68. The number of carbonyl (C=O) groups excluding carboxylic acids is 2. The van der Waals surface area contributed by atoms with Crippen LogP contribution in [0.15, 0.2) is 0 Å². The van der Waals surface area contributed by atoms with Crippen LogP contribution in [0.5, 0.6) is 0 Å². The summed E-state index contributed by atoms with van der Waals surface area (Å²) in [7, 11) is 0. The summed E-state index contributed by atoms with van der Waals surface area (Å²) < 4.78 is 0. The number of amides is 2. The number of rotatable bonds is 4. The van der Waals surface area contributed by atoms with Gasteiger partial charge in [0.05, 0.1) is 18.1 Å². The van der Waals surface area contributed by atoms with Gasteiger partial charge >= 0.3 is 0 Å². The molecule has 0 bridgehead atoms. The molecule has 0 aromatic heterocycles. The van der Waals surface area contributed by atoms with E-state index in [1.807, 2.05) is 13.8 Å². The average molecular weight is 261 g/mol. The van der Waals surface area contributed by atoms with Crippen molar-refractivity contribution in [1.82, 2.24) is 10.6 Å². The fraction of sp³-hybridized carbons (Fsp3) is 0.818. The normalized spacial score (nSPS) is 37.2. The molecule has 17 heavy (non-hydrogen) atoms. The van der Waals surface area contributed by atoms with Gasteiger partial charge in [0.15, 0.2) is 5.54 Å². The summed E-state index contributed by atoms with van der Waals surface area (Å²) in [5.74, 6) is -0.571. The second-order valence-electron chi connectivity index (χ2n) is 5.08. The molecule has 2 aliphatic rings. The Morgan fingerprint density at radius 1 is 1.47 bits per heavy atom. The Morgan fingerprint density at radius 3 is 2.59 bits per heavy atom. The van der Waals surface area contributed by atoms with Gasteiger partial charge in [-0.3, -0.25) is 9.59 Å². The third kappa shape index (κ3) is 1.56. The molecule has 6 heteroatoms. The first-order valence-electron chi connectivity index (χ1n) is 5.82. The predicted molar refractivity (Wildman–Crippen MR) is 62.5 cm³/mol. The maximum absolute atomic E-state index is 11.8. The quantitative estimate of drug-likeness (QED) is 0.476. The van der Waals surface area contributed by atoms with Crippen molar-refractivity contribution >= 4 is 23.4 Å². The van der Waals surface area contributed by atoms with Crippen molar-refractivity contribution in [3.8, 4) is 0 Å². The molecule has 2 saturated heterocycles. The number of fused-ring (bicyclic) bond motifs is 1. The Bertz CT molecular complexity index is 361. The zero-order valence-electron chi connectivity index (χ0n) is 9.87. The minimum Gasteiger partial charge on any atom is -0.390 e. The molecule has 2 amide bonds. The van der Waals surface area contributed by atoms with Crippen LogP contribution in [-0.4, -0.2) is 40.5 Å². The van der Waals surface area contributed by atoms with E-state index in [4.69, 9.17) is 11.6 Å². The van der Waals surface area contributed by atoms with Gasteiger partial charge in [-0.05, 0) is 12.3 Å². The fourth-order valence-electron chi connectivity index (χ4n) is 2.77. The highest BCUT2D eigenvalue weighted by atomic mass is 35.5. The van der Waals surface area contributed by atoms with Gasteiger partial charge in [0.2, 0.25) is 5.91 Å². The Balaban J connectivity index is 2.27. The molecule has 2 aliphatic heterocycles. The van der Waals surface area contributed by atoms with Crippen LogP contribution in [0, 0.1) is 11.8 Å². The molecule has 4 unspecified atom stereocenters. The topological polar surface area (TPSA) is 78.4 Å². The molecular weight excluding hydrogens is 244 g/mol. The molecule has 2 rings (SSSR count). The lowest BCUT2D eigenvalue weighted by Crippen LogP contribution is -2.80. The van der Waals surface area contributed by atoms with E-state index in [2.05, 4.69) is 10.6 Å². The van der Waals surface area contributed by atoms with Crippen molar-refractivity contribution in [2.45, 2.75) is 38.0 Å². The standard InChI is InChI=1S/C11H17ClN2O3/c1-5(2)8(15)11-7(13-10(11)17)6(3-4-12)9(16)14-11/h5-8,15H,3-4H2,1-2H3,(H,13,17)(H,14,16). The Hall–Kier alpha value is -0.810. The molecular formula is C11H17ClN2O3. The fourth-order valence-corrected chi connectivity index (χ4v) is 3.01. The zero-order valence-corrected chi connectivity index (χ0v) is 10.6. The molecule has 0 saturated carbocycles. The van der Waals surface area contributed by atoms with E-state index in [1.165, 1.54) is 0 Å². The number of aliphatic hydroxyl groups excluding tert-OH is 1. The minimum absolute atomic E-state index is 0.0985. The van der Waals surface area contributed by atoms with E-state index in [1.54, 1.807) is 0 Å². The maximum atomic E-state index is 11.8. The summed E-state index contributed by atoms with van der Waals surface area (Å²) in [5, 5.41) is 15.6. The highest BCUT2D eigenvalue weighted by Crippen LogP contribution is 2.39. The second kappa shape index (κ2) is 4.14. The maximum Gasteiger partial charge on any atom is 0.251 e. The van der Waals surface area contributed by atoms with Crippen LogP contribution in [-0.2, 0) is 9.59 Å². The van der Waals surface area contributed by atoms with Gasteiger partial charge in [-0.25, -0.2) is 0 Å². The Labute approximate surface area is 105 Å². The monoisotopic (exact) mass is 260 g/mol. The number of hydrogen-bond donors (Lipinski definition) is 3. The van der Waals surface area contributed by atoms with Crippen molar-refractivity contribution in [2.24, 2.45) is 11.8 Å². The van der Waals surface area contributed by atoms with Crippen molar-refractivity contribution in [3.05, 3.63) is 0 Å². The van der Waals surface area contributed by atoms with Gasteiger partial charge in [-0.1, -0.05) is 13.8 Å². The molecule has 96 valence electrons. The summed E-state index contributed by atoms with van der Waals surface area (Å²) in [4.78, 5) is 23.6. The molecule has 3 N–H and O–H groups in total. The largest absolute Gasteiger partial charge is 0.390 e. The van der Waals surface area contributed by atoms with Gasteiger partial charge in [-0.15, -0.1) is 11.6 Å². The van der Waals surface area contributed by atoms with Crippen LogP contribution in [0.25, 0.3) is 0 Å². The van der Waals surface area contributed by atoms with Crippen LogP contribution in [0.2, 0.25) is 0 Å². The van der Waals surface area contributed by atoms with E-state index in [0.29, 0.717) is 12.3 Å². The van der Waals surface area contributed by atoms with Crippen molar-refractivity contribution < 1.29 is 14.7 Å². The summed E-state index contributed by atoms with van der Waals surface area (Å²) in [6.45, 7) is 3.65. The molecule has 0 spiro atoms. The first-order valence-corrected chi connectivity index (χ1v) is 6.35. The minimum atomic E-state index is -1.14. The summed E-state index contributed by atoms with van der Waals surface area (Å²) in [5.41, 5.74) is -1.14. The second-order valence-corrected chi connectivity index (χ2v) is 5.46. The number of alkyl halides is 1. The molecule has 0 aromatic carbocycles. The van der Waals surface area contributed by atoms with Crippen molar-refractivity contribution in [1.29, 1.82) is 0 Å². The first-order chi connectivity index (χ1) is 7.95. The molecule has 0 aromatic rings. The Morgan fingerprint density at radius 2 is 2.12 bits per heavy atom. The SMILES string of the molecule is CC(C)C(O)C12NC(=O)C(CCCl)C1NC2=O. The summed E-state index contributed by atoms with van der Waals surface area (Å²) in [6.07, 6.45) is -0.365. The van der Waals surface area contributed by atoms with E-state index in [0.717, 1.165) is 0 Å². The lowest BCUT2D eigenvalue weighted by atomic mass is 9.71. The first kappa shape index (κ1) is 12.6. The van der Waals surface area contributed by atoms with Gasteiger partial charge in [0.25, 0.3) is 5.91 Å². The number of hydrogen-bond acceptors (Lipinski definition) is 3. The van der Waals surface area contributed by atoms with E-state index in [9.17, 15) is 14.7 Å². The predicted octanol–water partition coefficient (Wildman–Crippen LogP) is -0.385. The molecule has 0 radical (unpaired) electrons. The van der Waals surface area contributed by atoms with E-state index in [-0.39, 0.29) is 29.7 Å². The van der Waals surface area contributed by atoms with Gasteiger partial charge in [0, 0.05) is 5.88 Å². The third-order valence-electron chi connectivity index (χ3n) is 3.74. The van der Waals surface area contributed by atoms with Crippen LogP contribution in [0.3, 0.4) is 0 Å². The van der Waals surface area contributed by atoms with E-state index >= 15 is 0 Å². The molecule has 5 nitrogen and oxygen atoms in total. The lowest BCUT2D eigenvalue weighted by Gasteiger charge is -2.48. The molecule has 2 fully saturated rings. The van der Waals surface area contributed by atoms with Crippen molar-refractivity contribution in [2.75, 3.05) is 5.88 Å². The summed E-state index contributed by atoms with van der Waals surface area (Å²) in [6, 6.07) is -0.335. The zero-order chi connectivity index (χ0) is 12.8. The van der Waals surface area contributed by atoms with Crippen LogP contribution in [0.1, 0.15) is 20.3 Å². The smallest absolute Gasteiger partial charge is 0.251 e. The number of halogens is 1.